The molecule has 1 heterocycles. The van der Waals surface area contributed by atoms with Gasteiger partial charge in [0.15, 0.2) is 0 Å². The monoisotopic (exact) mass is 569 g/mol. The number of nitrogens with one attached hydrogen (secondary N) is 1. The van der Waals surface area contributed by atoms with Crippen molar-refractivity contribution in [2.45, 2.75) is 50.6 Å². The number of hydrogen-bond donors (Lipinski definition) is 1. The lowest BCUT2D eigenvalue weighted by atomic mass is 10.1. The molecule has 0 aliphatic carbocycles. The number of anilines is 2. The highest BCUT2D eigenvalue weighted by molar-refractivity contribution is 14.1. The van der Waals surface area contributed by atoms with Crippen LogP contribution in [-0.4, -0.2) is 42.0 Å². The Hall–Kier alpha value is -2.31. The number of hydrogen-bond acceptors (Lipinski definition) is 5. The van der Waals surface area contributed by atoms with Gasteiger partial charge in [-0.15, -0.1) is 0 Å². The van der Waals surface area contributed by atoms with Gasteiger partial charge in [0.25, 0.3) is 5.91 Å². The number of imide groups is 1. The first kappa shape index (κ1) is 24.3. The van der Waals surface area contributed by atoms with Gasteiger partial charge in [-0.2, -0.15) is 4.31 Å². The van der Waals surface area contributed by atoms with Gasteiger partial charge in [0, 0.05) is 21.7 Å². The van der Waals surface area contributed by atoms with E-state index in [2.05, 4.69) is 27.9 Å². The number of nitrogens with zero attached hydrogens (tertiary/aromatic N) is 2. The molecule has 0 radical (unpaired) electrons. The lowest BCUT2D eigenvalue weighted by Gasteiger charge is -2.37. The number of benzene rings is 2. The summed E-state index contributed by atoms with van der Waals surface area (Å²) in [4.78, 5) is 38.3. The maximum Gasteiger partial charge on any atom is 0.252 e. The van der Waals surface area contributed by atoms with Gasteiger partial charge >= 0.3 is 0 Å². The molecule has 1 fully saturated rings. The summed E-state index contributed by atoms with van der Waals surface area (Å²) in [6, 6.07) is 11.4. The highest BCUT2D eigenvalue weighted by Crippen LogP contribution is 2.34. The van der Waals surface area contributed by atoms with Gasteiger partial charge in [0.05, 0.1) is 17.0 Å². The van der Waals surface area contributed by atoms with Crippen LogP contribution in [0.25, 0.3) is 0 Å². The minimum atomic E-state index is -4.14. The number of halogens is 1. The van der Waals surface area contributed by atoms with E-state index in [0.717, 1.165) is 12.8 Å². The molecule has 170 valence electrons. The maximum atomic E-state index is 13.6. The molecular formula is C22H24IN3O5S. The zero-order valence-corrected chi connectivity index (χ0v) is 21.1. The molecule has 1 aliphatic rings. The summed E-state index contributed by atoms with van der Waals surface area (Å²) in [7, 11) is -4.14. The number of sulfonamides is 1. The molecule has 0 aromatic heterocycles. The van der Waals surface area contributed by atoms with Gasteiger partial charge in [0.2, 0.25) is 21.8 Å². The third-order valence-electron chi connectivity index (χ3n) is 4.88. The van der Waals surface area contributed by atoms with Crippen LogP contribution in [0.5, 0.6) is 0 Å². The van der Waals surface area contributed by atoms with Crippen molar-refractivity contribution >= 4 is 61.7 Å². The van der Waals surface area contributed by atoms with Crippen LogP contribution in [0.15, 0.2) is 53.4 Å². The Morgan fingerprint density at radius 2 is 1.62 bits per heavy atom. The van der Waals surface area contributed by atoms with E-state index < -0.39 is 33.4 Å². The Balaban J connectivity index is 1.99. The van der Waals surface area contributed by atoms with Gasteiger partial charge in [-0.25, -0.2) is 13.3 Å². The van der Waals surface area contributed by atoms with Crippen LogP contribution < -0.4 is 10.2 Å². The van der Waals surface area contributed by atoms with E-state index in [1.165, 1.54) is 31.2 Å². The summed E-state index contributed by atoms with van der Waals surface area (Å²) in [6.45, 7) is 6.40. The van der Waals surface area contributed by atoms with E-state index in [9.17, 15) is 22.8 Å². The Labute approximate surface area is 201 Å². The molecule has 0 saturated carbocycles. The van der Waals surface area contributed by atoms with Crippen LogP contribution in [0.2, 0.25) is 0 Å². The Morgan fingerprint density at radius 1 is 1.06 bits per heavy atom. The van der Waals surface area contributed by atoms with Gasteiger partial charge in [-0.05, 0) is 91.9 Å². The first-order valence-corrected chi connectivity index (χ1v) is 12.4. The first-order chi connectivity index (χ1) is 14.8. The quantitative estimate of drug-likeness (QED) is 0.440. The molecule has 1 N–H and O–H groups in total. The van der Waals surface area contributed by atoms with Crippen molar-refractivity contribution in [1.82, 2.24) is 4.31 Å². The van der Waals surface area contributed by atoms with Gasteiger partial charge in [0.1, 0.15) is 6.04 Å². The fourth-order valence-corrected chi connectivity index (χ4v) is 5.97. The SMILES string of the molecule is CC(=O)Nc1ccc(S(=O)(=O)N(C2CC(=O)N(c3ccc(I)cc3)C2=O)C(C)(C)C)cc1. The molecule has 1 aliphatic heterocycles. The smallest absolute Gasteiger partial charge is 0.252 e. The van der Waals surface area contributed by atoms with E-state index in [1.54, 1.807) is 45.0 Å². The van der Waals surface area contributed by atoms with Crippen LogP contribution in [0, 0.1) is 3.57 Å². The van der Waals surface area contributed by atoms with Crippen molar-refractivity contribution in [1.29, 1.82) is 0 Å². The van der Waals surface area contributed by atoms with Gasteiger partial charge in [-0.1, -0.05) is 0 Å². The average molecular weight is 569 g/mol. The van der Waals surface area contributed by atoms with Gasteiger partial charge in [-0.3, -0.25) is 14.4 Å². The molecule has 1 atom stereocenters. The molecule has 3 rings (SSSR count). The van der Waals surface area contributed by atoms with Gasteiger partial charge < -0.3 is 5.32 Å². The summed E-state index contributed by atoms with van der Waals surface area (Å²) in [5.41, 5.74) is -0.109. The highest BCUT2D eigenvalue weighted by Gasteiger charge is 2.50. The van der Waals surface area contributed by atoms with Crippen LogP contribution in [0.3, 0.4) is 0 Å². The Kier molecular flexibility index (Phi) is 6.78. The summed E-state index contributed by atoms with van der Waals surface area (Å²) in [6.07, 6.45) is -0.245. The second-order valence-corrected chi connectivity index (χ2v) is 11.5. The van der Waals surface area contributed by atoms with Crippen molar-refractivity contribution in [3.63, 3.8) is 0 Å². The van der Waals surface area contributed by atoms with Crippen molar-refractivity contribution < 1.29 is 22.8 Å². The molecule has 0 spiro atoms. The minimum Gasteiger partial charge on any atom is -0.326 e. The second-order valence-electron chi connectivity index (χ2n) is 8.44. The molecule has 1 unspecified atom stereocenters. The van der Waals surface area contributed by atoms with Crippen LogP contribution in [-0.2, 0) is 24.4 Å². The highest BCUT2D eigenvalue weighted by atomic mass is 127. The zero-order chi connectivity index (χ0) is 23.8. The molecule has 1 saturated heterocycles. The third-order valence-corrected chi connectivity index (χ3v) is 7.79. The Morgan fingerprint density at radius 3 is 2.12 bits per heavy atom. The topological polar surface area (TPSA) is 104 Å². The number of carbonyl (C=O) groups is 3. The lowest BCUT2D eigenvalue weighted by molar-refractivity contribution is -0.122. The summed E-state index contributed by atoms with van der Waals surface area (Å²) in [5.74, 6) is -1.31. The molecule has 8 nitrogen and oxygen atoms in total. The summed E-state index contributed by atoms with van der Waals surface area (Å²) < 4.78 is 29.2. The predicted octanol–water partition coefficient (Wildman–Crippen LogP) is 3.37. The lowest BCUT2D eigenvalue weighted by Crippen LogP contribution is -2.54. The molecule has 32 heavy (non-hydrogen) atoms. The van der Waals surface area contributed by atoms with E-state index in [0.29, 0.717) is 11.4 Å². The number of rotatable bonds is 5. The van der Waals surface area contributed by atoms with Crippen LogP contribution in [0.1, 0.15) is 34.1 Å². The standard InChI is InChI=1S/C22H24IN3O5S/c1-14(27)24-16-7-11-18(12-8-16)32(30,31)26(22(2,3)4)19-13-20(28)25(21(19)29)17-9-5-15(23)6-10-17/h5-12,19H,13H2,1-4H3,(H,24,27). The minimum absolute atomic E-state index is 0.0329. The molecule has 2 aromatic carbocycles. The predicted molar refractivity (Wildman–Crippen MR) is 130 cm³/mol. The number of carbonyl (C=O) groups excluding carboxylic acids is 3. The van der Waals surface area contributed by atoms with E-state index >= 15 is 0 Å². The van der Waals surface area contributed by atoms with Crippen molar-refractivity contribution in [3.8, 4) is 0 Å². The van der Waals surface area contributed by atoms with E-state index in [-0.39, 0.29) is 17.2 Å². The summed E-state index contributed by atoms with van der Waals surface area (Å²) >= 11 is 2.12. The largest absolute Gasteiger partial charge is 0.326 e. The van der Waals surface area contributed by atoms with Crippen LogP contribution >= 0.6 is 22.6 Å². The third kappa shape index (κ3) is 4.86. The average Bonchev–Trinajstić information content (AvgIpc) is 2.95. The molecule has 0 bridgehead atoms. The maximum absolute atomic E-state index is 13.6. The zero-order valence-electron chi connectivity index (χ0n) is 18.1. The van der Waals surface area contributed by atoms with Crippen molar-refractivity contribution in [2.75, 3.05) is 10.2 Å². The molecule has 2 aromatic rings. The number of amides is 3. The van der Waals surface area contributed by atoms with Crippen molar-refractivity contribution in [2.24, 2.45) is 0 Å². The molecule has 10 heteroatoms. The van der Waals surface area contributed by atoms with Crippen molar-refractivity contribution in [3.05, 3.63) is 52.1 Å². The Bertz CT molecular complexity index is 1160. The van der Waals surface area contributed by atoms with Crippen LogP contribution in [0.4, 0.5) is 11.4 Å². The molecular weight excluding hydrogens is 545 g/mol. The van der Waals surface area contributed by atoms with E-state index in [4.69, 9.17) is 0 Å². The normalized spacial score (nSPS) is 17.2. The summed E-state index contributed by atoms with van der Waals surface area (Å²) in [5, 5.41) is 2.59. The fourth-order valence-electron chi connectivity index (χ4n) is 3.68. The van der Waals surface area contributed by atoms with E-state index in [1.807, 2.05) is 0 Å². The first-order valence-electron chi connectivity index (χ1n) is 9.87. The molecule has 3 amide bonds. The second kappa shape index (κ2) is 8.91. The fraction of sp³-hybridized carbons (Fsp3) is 0.318.